The Morgan fingerprint density at radius 1 is 0.913 bits per heavy atom. The molecule has 2 aromatic carbocycles. The zero-order valence-corrected chi connectivity index (χ0v) is 13.4. The largest absolute Gasteiger partial charge is 0.508 e. The minimum atomic E-state index is 0.0945. The van der Waals surface area contributed by atoms with E-state index >= 15 is 0 Å². The average Bonchev–Trinajstić information content (AvgIpc) is 3.14. The smallest absolute Gasteiger partial charge is 0.154 e. The van der Waals surface area contributed by atoms with Crippen molar-refractivity contribution in [2.24, 2.45) is 0 Å². The fraction of sp³-hybridized carbons (Fsp3) is 0. The molecule has 4 aromatic rings. The van der Waals surface area contributed by atoms with Crippen molar-refractivity contribution in [2.75, 3.05) is 0 Å². The number of phenolic OH excluding ortho intramolecular Hbond substituents is 2. The number of furan rings is 1. The maximum absolute atomic E-state index is 9.89. The van der Waals surface area contributed by atoms with Crippen LogP contribution in [0.4, 0.5) is 0 Å². The van der Waals surface area contributed by atoms with Crippen LogP contribution in [-0.2, 0) is 0 Å². The molecule has 0 aliphatic carbocycles. The first-order chi connectivity index (χ1) is 11.1. The summed E-state index contributed by atoms with van der Waals surface area (Å²) >= 11 is 7.81. The standard InChI is InChI=1S/C18H11ClO3S/c19-15-8-13(21)7-14-16(11-5-6-23-9-11)17(22-18(14)15)10-1-3-12(20)4-2-10/h1-9,20-21H. The number of rotatable bonds is 2. The number of hydrogen-bond donors (Lipinski definition) is 2. The second kappa shape index (κ2) is 5.33. The van der Waals surface area contributed by atoms with Gasteiger partial charge in [0.2, 0.25) is 0 Å². The van der Waals surface area contributed by atoms with Crippen LogP contribution < -0.4 is 0 Å². The molecule has 4 rings (SSSR count). The van der Waals surface area contributed by atoms with Gasteiger partial charge in [-0.25, -0.2) is 0 Å². The number of phenols is 2. The van der Waals surface area contributed by atoms with E-state index in [0.29, 0.717) is 16.4 Å². The Balaban J connectivity index is 2.09. The van der Waals surface area contributed by atoms with Crippen LogP contribution >= 0.6 is 22.9 Å². The Hall–Kier alpha value is -2.43. The van der Waals surface area contributed by atoms with E-state index in [-0.39, 0.29) is 11.5 Å². The molecule has 0 bridgehead atoms. The first kappa shape index (κ1) is 14.2. The van der Waals surface area contributed by atoms with Crippen LogP contribution in [0.5, 0.6) is 11.5 Å². The van der Waals surface area contributed by atoms with E-state index < -0.39 is 0 Å². The third-order valence-electron chi connectivity index (χ3n) is 3.67. The van der Waals surface area contributed by atoms with Gasteiger partial charge in [-0.3, -0.25) is 0 Å². The van der Waals surface area contributed by atoms with Crippen molar-refractivity contribution in [3.8, 4) is 33.9 Å². The van der Waals surface area contributed by atoms with Gasteiger partial charge in [-0.1, -0.05) is 11.6 Å². The summed E-state index contributed by atoms with van der Waals surface area (Å²) in [7, 11) is 0. The maximum Gasteiger partial charge on any atom is 0.154 e. The highest BCUT2D eigenvalue weighted by Gasteiger charge is 2.20. The number of benzene rings is 2. The molecular formula is C18H11ClO3S. The van der Waals surface area contributed by atoms with E-state index in [1.165, 1.54) is 6.07 Å². The molecule has 23 heavy (non-hydrogen) atoms. The van der Waals surface area contributed by atoms with Gasteiger partial charge in [0.15, 0.2) is 5.58 Å². The Labute approximate surface area is 141 Å². The Morgan fingerprint density at radius 3 is 2.39 bits per heavy atom. The van der Waals surface area contributed by atoms with Crippen molar-refractivity contribution in [1.29, 1.82) is 0 Å². The van der Waals surface area contributed by atoms with Crippen LogP contribution in [0, 0.1) is 0 Å². The molecule has 5 heteroatoms. The highest BCUT2D eigenvalue weighted by molar-refractivity contribution is 7.08. The zero-order valence-electron chi connectivity index (χ0n) is 11.8. The minimum Gasteiger partial charge on any atom is -0.508 e. The second-order valence-corrected chi connectivity index (χ2v) is 6.36. The van der Waals surface area contributed by atoms with Gasteiger partial charge in [0.25, 0.3) is 0 Å². The maximum atomic E-state index is 9.89. The quantitative estimate of drug-likeness (QED) is 0.477. The summed E-state index contributed by atoms with van der Waals surface area (Å²) in [6.45, 7) is 0. The van der Waals surface area contributed by atoms with Gasteiger partial charge >= 0.3 is 0 Å². The number of hydrogen-bond acceptors (Lipinski definition) is 4. The van der Waals surface area contributed by atoms with Crippen molar-refractivity contribution >= 4 is 33.9 Å². The molecular weight excluding hydrogens is 332 g/mol. The summed E-state index contributed by atoms with van der Waals surface area (Å²) in [6, 6.07) is 11.9. The van der Waals surface area contributed by atoms with Crippen LogP contribution in [0.1, 0.15) is 0 Å². The number of halogens is 1. The molecule has 0 saturated carbocycles. The number of thiophene rings is 1. The lowest BCUT2D eigenvalue weighted by atomic mass is 10.0. The van der Waals surface area contributed by atoms with Crippen molar-refractivity contribution in [3.05, 3.63) is 58.2 Å². The van der Waals surface area contributed by atoms with Gasteiger partial charge in [0.05, 0.1) is 5.02 Å². The third kappa shape index (κ3) is 2.36. The van der Waals surface area contributed by atoms with Gasteiger partial charge in [-0.05, 0) is 52.7 Å². The summed E-state index contributed by atoms with van der Waals surface area (Å²) in [5.74, 6) is 0.945. The van der Waals surface area contributed by atoms with E-state index in [1.54, 1.807) is 41.7 Å². The number of fused-ring (bicyclic) bond motifs is 1. The summed E-state index contributed by atoms with van der Waals surface area (Å²) in [5, 5.41) is 24.5. The Kier molecular flexibility index (Phi) is 3.29. The Morgan fingerprint density at radius 2 is 1.70 bits per heavy atom. The summed E-state index contributed by atoms with van der Waals surface area (Å²) in [4.78, 5) is 0. The lowest BCUT2D eigenvalue weighted by Gasteiger charge is -2.02. The summed E-state index contributed by atoms with van der Waals surface area (Å²) in [5.41, 5.74) is 3.24. The van der Waals surface area contributed by atoms with Crippen LogP contribution in [0.15, 0.2) is 57.6 Å². The first-order valence-electron chi connectivity index (χ1n) is 6.90. The zero-order chi connectivity index (χ0) is 16.0. The van der Waals surface area contributed by atoms with Gasteiger partial charge in [-0.2, -0.15) is 11.3 Å². The normalized spacial score (nSPS) is 11.2. The molecule has 2 N–H and O–H groups in total. The molecule has 0 spiro atoms. The molecule has 3 nitrogen and oxygen atoms in total. The van der Waals surface area contributed by atoms with Crippen molar-refractivity contribution in [2.45, 2.75) is 0 Å². The molecule has 2 aromatic heterocycles. The molecule has 0 aliphatic rings. The summed E-state index contributed by atoms with van der Waals surface area (Å²) in [6.07, 6.45) is 0. The van der Waals surface area contributed by atoms with Crippen LogP contribution in [0.2, 0.25) is 5.02 Å². The van der Waals surface area contributed by atoms with Gasteiger partial charge in [0.1, 0.15) is 17.3 Å². The molecule has 0 amide bonds. The first-order valence-corrected chi connectivity index (χ1v) is 8.22. The molecule has 0 unspecified atom stereocenters. The van der Waals surface area contributed by atoms with Crippen molar-refractivity contribution < 1.29 is 14.6 Å². The SMILES string of the molecule is Oc1ccc(-c2oc3c(Cl)cc(O)cc3c2-c2ccsc2)cc1. The predicted octanol–water partition coefficient (Wildman–Crippen LogP) is 5.89. The molecule has 0 saturated heterocycles. The van der Waals surface area contributed by atoms with E-state index in [4.69, 9.17) is 16.0 Å². The summed E-state index contributed by atoms with van der Waals surface area (Å²) < 4.78 is 6.01. The predicted molar refractivity (Wildman–Crippen MR) is 93.3 cm³/mol. The molecule has 2 heterocycles. The molecule has 0 fully saturated rings. The van der Waals surface area contributed by atoms with E-state index in [0.717, 1.165) is 22.1 Å². The van der Waals surface area contributed by atoms with Gasteiger partial charge < -0.3 is 14.6 Å². The number of aromatic hydroxyl groups is 2. The van der Waals surface area contributed by atoms with Crippen LogP contribution in [-0.4, -0.2) is 10.2 Å². The lowest BCUT2D eigenvalue weighted by molar-refractivity contribution is 0.475. The third-order valence-corrected chi connectivity index (χ3v) is 4.63. The highest BCUT2D eigenvalue weighted by atomic mass is 35.5. The van der Waals surface area contributed by atoms with E-state index in [9.17, 15) is 10.2 Å². The molecule has 0 aliphatic heterocycles. The molecule has 114 valence electrons. The van der Waals surface area contributed by atoms with Crippen LogP contribution in [0.3, 0.4) is 0 Å². The Bertz CT molecular complexity index is 985. The van der Waals surface area contributed by atoms with Gasteiger partial charge in [-0.15, -0.1) is 0 Å². The molecule has 0 radical (unpaired) electrons. The average molecular weight is 343 g/mol. The second-order valence-electron chi connectivity index (χ2n) is 5.17. The van der Waals surface area contributed by atoms with E-state index in [1.807, 2.05) is 16.8 Å². The van der Waals surface area contributed by atoms with E-state index in [2.05, 4.69) is 0 Å². The fourth-order valence-electron chi connectivity index (χ4n) is 2.65. The monoisotopic (exact) mass is 342 g/mol. The van der Waals surface area contributed by atoms with Gasteiger partial charge in [0, 0.05) is 22.6 Å². The van der Waals surface area contributed by atoms with Crippen molar-refractivity contribution in [1.82, 2.24) is 0 Å². The minimum absolute atomic E-state index is 0.0945. The highest BCUT2D eigenvalue weighted by Crippen LogP contribution is 2.45. The van der Waals surface area contributed by atoms with Crippen LogP contribution in [0.25, 0.3) is 33.4 Å². The molecule has 0 atom stereocenters. The van der Waals surface area contributed by atoms with Crippen molar-refractivity contribution in [3.63, 3.8) is 0 Å². The lowest BCUT2D eigenvalue weighted by Crippen LogP contribution is -1.79. The fourth-order valence-corrected chi connectivity index (χ4v) is 3.55. The topological polar surface area (TPSA) is 53.6 Å².